The van der Waals surface area contributed by atoms with Crippen molar-refractivity contribution in [1.82, 2.24) is 5.48 Å². The molecule has 0 aliphatic carbocycles. The third-order valence-corrected chi connectivity index (χ3v) is 2.87. The molecule has 1 aromatic rings. The van der Waals surface area contributed by atoms with Gasteiger partial charge in [0.05, 0.1) is 7.11 Å². The second-order valence-electron chi connectivity index (χ2n) is 3.25. The van der Waals surface area contributed by atoms with Crippen molar-refractivity contribution in [3.05, 3.63) is 44.5 Å². The summed E-state index contributed by atoms with van der Waals surface area (Å²) in [6, 6.07) is 3.36. The van der Waals surface area contributed by atoms with Gasteiger partial charge in [-0.15, -0.1) is 0 Å². The molecule has 0 bridgehead atoms. The summed E-state index contributed by atoms with van der Waals surface area (Å²) in [4.78, 5) is 4.77. The van der Waals surface area contributed by atoms with Gasteiger partial charge >= 0.3 is 0 Å². The minimum atomic E-state index is 0.537. The molecule has 1 N–H and O–H groups in total. The minimum absolute atomic E-state index is 0.537. The van der Waals surface area contributed by atoms with E-state index in [2.05, 4.69) is 5.48 Å². The summed E-state index contributed by atoms with van der Waals surface area (Å²) < 4.78 is 0. The van der Waals surface area contributed by atoms with Crippen molar-refractivity contribution in [2.75, 3.05) is 7.11 Å². The monoisotopic (exact) mass is 279 g/mol. The number of allylic oxidation sites excluding steroid dienone is 2. The summed E-state index contributed by atoms with van der Waals surface area (Å²) in [5.74, 6) is 0. The van der Waals surface area contributed by atoms with Crippen molar-refractivity contribution < 1.29 is 4.84 Å². The highest BCUT2D eigenvalue weighted by molar-refractivity contribution is 6.39. The molecule has 16 heavy (non-hydrogen) atoms. The molecule has 0 unspecified atom stereocenters. The summed E-state index contributed by atoms with van der Waals surface area (Å²) in [7, 11) is 1.56. The lowest BCUT2D eigenvalue weighted by atomic mass is 10.1. The van der Waals surface area contributed by atoms with Crippen LogP contribution in [-0.4, -0.2) is 7.11 Å². The first-order chi connectivity index (χ1) is 7.54. The van der Waals surface area contributed by atoms with E-state index in [-0.39, 0.29) is 0 Å². The predicted octanol–water partition coefficient (Wildman–Crippen LogP) is 4.24. The van der Waals surface area contributed by atoms with E-state index in [4.69, 9.17) is 39.6 Å². The van der Waals surface area contributed by atoms with Crippen LogP contribution in [0.4, 0.5) is 0 Å². The molecule has 0 saturated carbocycles. The normalized spacial score (nSPS) is 11.7. The fraction of sp³-hybridized carbons (Fsp3) is 0.273. The van der Waals surface area contributed by atoms with Gasteiger partial charge in [-0.25, -0.2) is 0 Å². The Morgan fingerprint density at radius 3 is 2.38 bits per heavy atom. The van der Waals surface area contributed by atoms with Gasteiger partial charge in [-0.3, -0.25) is 10.3 Å². The molecule has 88 valence electrons. The Labute approximate surface area is 110 Å². The van der Waals surface area contributed by atoms with Crippen LogP contribution in [-0.2, 0) is 11.3 Å². The lowest BCUT2D eigenvalue weighted by Gasteiger charge is -2.07. The molecule has 0 atom stereocenters. The molecular formula is C11H12Cl3NO. The highest BCUT2D eigenvalue weighted by Crippen LogP contribution is 2.29. The second-order valence-corrected chi connectivity index (χ2v) is 4.50. The van der Waals surface area contributed by atoms with Gasteiger partial charge in [0.2, 0.25) is 0 Å². The van der Waals surface area contributed by atoms with E-state index < -0.39 is 0 Å². The maximum atomic E-state index is 6.05. The molecule has 0 aliphatic rings. The number of benzene rings is 1. The lowest BCUT2D eigenvalue weighted by molar-refractivity contribution is 0.118. The minimum Gasteiger partial charge on any atom is -0.280 e. The van der Waals surface area contributed by atoms with E-state index in [9.17, 15) is 0 Å². The van der Waals surface area contributed by atoms with Crippen LogP contribution in [0.1, 0.15) is 12.5 Å². The topological polar surface area (TPSA) is 21.3 Å². The third kappa shape index (κ3) is 3.87. The van der Waals surface area contributed by atoms with Crippen LogP contribution in [0.3, 0.4) is 0 Å². The summed E-state index contributed by atoms with van der Waals surface area (Å²) in [6.45, 7) is 1.89. The molecule has 0 radical (unpaired) electrons. The average Bonchev–Trinajstić information content (AvgIpc) is 2.16. The molecule has 0 fully saturated rings. The smallest absolute Gasteiger partial charge is 0.0636 e. The molecule has 0 saturated heterocycles. The quantitative estimate of drug-likeness (QED) is 0.833. The number of rotatable bonds is 4. The molecule has 1 aromatic carbocycles. The number of hydrogen-bond acceptors (Lipinski definition) is 2. The van der Waals surface area contributed by atoms with E-state index in [0.717, 1.165) is 11.3 Å². The zero-order valence-electron chi connectivity index (χ0n) is 8.98. The highest BCUT2D eigenvalue weighted by Gasteiger charge is 2.06. The van der Waals surface area contributed by atoms with Gasteiger partial charge in [-0.1, -0.05) is 40.9 Å². The van der Waals surface area contributed by atoms with Crippen molar-refractivity contribution in [3.8, 4) is 0 Å². The fourth-order valence-corrected chi connectivity index (χ4v) is 2.20. The Kier molecular flexibility index (Phi) is 5.42. The van der Waals surface area contributed by atoms with Crippen LogP contribution in [0.15, 0.2) is 23.9 Å². The molecule has 0 spiro atoms. The van der Waals surface area contributed by atoms with E-state index in [0.29, 0.717) is 21.5 Å². The number of hydroxylamine groups is 1. The SMILES string of the molecule is CONC(C)=CCc1c(Cl)cc(Cl)cc1Cl. The highest BCUT2D eigenvalue weighted by atomic mass is 35.5. The van der Waals surface area contributed by atoms with Gasteiger partial charge < -0.3 is 0 Å². The van der Waals surface area contributed by atoms with Crippen LogP contribution in [0.25, 0.3) is 0 Å². The Balaban J connectivity index is 2.85. The van der Waals surface area contributed by atoms with Crippen LogP contribution in [0, 0.1) is 0 Å². The van der Waals surface area contributed by atoms with Crippen LogP contribution < -0.4 is 5.48 Å². The summed E-state index contributed by atoms with van der Waals surface area (Å²) in [5, 5.41) is 1.67. The zero-order valence-corrected chi connectivity index (χ0v) is 11.2. The number of nitrogens with one attached hydrogen (secondary N) is 1. The van der Waals surface area contributed by atoms with Crippen molar-refractivity contribution in [2.24, 2.45) is 0 Å². The largest absolute Gasteiger partial charge is 0.280 e. The van der Waals surface area contributed by atoms with Gasteiger partial charge in [0.1, 0.15) is 0 Å². The Bertz CT molecular complexity index is 381. The van der Waals surface area contributed by atoms with Crippen LogP contribution in [0.5, 0.6) is 0 Å². The average molecular weight is 281 g/mol. The van der Waals surface area contributed by atoms with Crippen LogP contribution in [0.2, 0.25) is 15.1 Å². The van der Waals surface area contributed by atoms with Gasteiger partial charge in [-0.05, 0) is 31.0 Å². The molecule has 0 aromatic heterocycles. The first-order valence-corrected chi connectivity index (χ1v) is 5.77. The predicted molar refractivity (Wildman–Crippen MR) is 69.1 cm³/mol. The molecule has 0 heterocycles. The molecule has 0 aliphatic heterocycles. The molecule has 2 nitrogen and oxygen atoms in total. The van der Waals surface area contributed by atoms with Crippen LogP contribution >= 0.6 is 34.8 Å². The van der Waals surface area contributed by atoms with E-state index in [1.165, 1.54) is 0 Å². The maximum absolute atomic E-state index is 6.05. The number of halogens is 3. The third-order valence-electron chi connectivity index (χ3n) is 1.98. The maximum Gasteiger partial charge on any atom is 0.0636 e. The first-order valence-electron chi connectivity index (χ1n) is 4.63. The molecule has 5 heteroatoms. The Hall–Kier alpha value is -0.410. The summed E-state index contributed by atoms with van der Waals surface area (Å²) in [6.07, 6.45) is 2.56. The second kappa shape index (κ2) is 6.36. The van der Waals surface area contributed by atoms with Crippen molar-refractivity contribution in [1.29, 1.82) is 0 Å². The molecule has 0 amide bonds. The van der Waals surface area contributed by atoms with Crippen molar-refractivity contribution >= 4 is 34.8 Å². The molecular weight excluding hydrogens is 268 g/mol. The van der Waals surface area contributed by atoms with Gasteiger partial charge in [0.15, 0.2) is 0 Å². The Morgan fingerprint density at radius 1 is 1.31 bits per heavy atom. The lowest BCUT2D eigenvalue weighted by Crippen LogP contribution is -2.08. The van der Waals surface area contributed by atoms with Gasteiger partial charge in [0, 0.05) is 20.8 Å². The zero-order chi connectivity index (χ0) is 12.1. The van der Waals surface area contributed by atoms with Crippen molar-refractivity contribution in [3.63, 3.8) is 0 Å². The van der Waals surface area contributed by atoms with Crippen molar-refractivity contribution in [2.45, 2.75) is 13.3 Å². The summed E-state index contributed by atoms with van der Waals surface area (Å²) in [5.41, 5.74) is 4.46. The number of hydrogen-bond donors (Lipinski definition) is 1. The van der Waals surface area contributed by atoms with E-state index >= 15 is 0 Å². The van der Waals surface area contributed by atoms with E-state index in [1.54, 1.807) is 19.2 Å². The van der Waals surface area contributed by atoms with Gasteiger partial charge in [0.25, 0.3) is 0 Å². The fourth-order valence-electron chi connectivity index (χ4n) is 1.22. The first kappa shape index (κ1) is 13.7. The molecule has 1 rings (SSSR count). The van der Waals surface area contributed by atoms with Gasteiger partial charge in [-0.2, -0.15) is 0 Å². The Morgan fingerprint density at radius 2 is 1.88 bits per heavy atom. The standard InChI is InChI=1S/C11H12Cl3NO/c1-7(15-16-2)3-4-9-10(13)5-8(12)6-11(9)14/h3,5-6,15H,4H2,1-2H3. The summed E-state index contributed by atoms with van der Waals surface area (Å²) >= 11 is 17.9. The van der Waals surface area contributed by atoms with E-state index in [1.807, 2.05) is 13.0 Å².